The maximum Gasteiger partial charge on any atom is 0.215 e. The molecule has 1 aromatic carbocycles. The Labute approximate surface area is 126 Å². The van der Waals surface area contributed by atoms with Gasteiger partial charge in [-0.1, -0.05) is 18.2 Å². The molecule has 0 aliphatic carbocycles. The van der Waals surface area contributed by atoms with Gasteiger partial charge in [0.25, 0.3) is 0 Å². The molecular formula is C15H21N3O2S. The first-order valence-corrected chi connectivity index (χ1v) is 8.94. The Bertz CT molecular complexity index is 602. The third-order valence-corrected chi connectivity index (χ3v) is 4.99. The van der Waals surface area contributed by atoms with Gasteiger partial charge in [-0.2, -0.15) is 5.26 Å². The van der Waals surface area contributed by atoms with E-state index >= 15 is 0 Å². The molecule has 0 amide bonds. The summed E-state index contributed by atoms with van der Waals surface area (Å²) >= 11 is 0. The van der Waals surface area contributed by atoms with Gasteiger partial charge in [0.05, 0.1) is 17.4 Å². The van der Waals surface area contributed by atoms with E-state index < -0.39 is 10.0 Å². The molecule has 1 heterocycles. The van der Waals surface area contributed by atoms with Crippen molar-refractivity contribution in [1.29, 1.82) is 5.26 Å². The number of hydrogen-bond acceptors (Lipinski definition) is 4. The predicted octanol–water partition coefficient (Wildman–Crippen LogP) is 1.46. The molecule has 0 saturated carbocycles. The van der Waals surface area contributed by atoms with Crippen LogP contribution in [-0.2, 0) is 15.8 Å². The number of hydrogen-bond donors (Lipinski definition) is 1. The molecule has 2 rings (SSSR count). The summed E-state index contributed by atoms with van der Waals surface area (Å²) in [6, 6.07) is 8.83. The van der Waals surface area contributed by atoms with Crippen molar-refractivity contribution >= 4 is 10.0 Å². The molecule has 1 fully saturated rings. The lowest BCUT2D eigenvalue weighted by Gasteiger charge is -2.14. The first-order valence-electron chi connectivity index (χ1n) is 7.28. The summed E-state index contributed by atoms with van der Waals surface area (Å²) in [5.41, 5.74) is 0.965. The molecule has 0 aromatic heterocycles. The lowest BCUT2D eigenvalue weighted by atomic mass is 10.1. The van der Waals surface area contributed by atoms with Crippen molar-refractivity contribution in [3.05, 3.63) is 35.4 Å². The van der Waals surface area contributed by atoms with Crippen LogP contribution in [0.1, 0.15) is 30.4 Å². The van der Waals surface area contributed by atoms with Crippen molar-refractivity contribution in [2.24, 2.45) is 0 Å². The van der Waals surface area contributed by atoms with E-state index in [4.69, 9.17) is 5.26 Å². The summed E-state index contributed by atoms with van der Waals surface area (Å²) in [6.45, 7) is 3.65. The van der Waals surface area contributed by atoms with E-state index in [0.29, 0.717) is 17.7 Å². The first kappa shape index (κ1) is 16.0. The number of benzene rings is 1. The van der Waals surface area contributed by atoms with Crippen molar-refractivity contribution in [2.75, 3.05) is 26.2 Å². The molecule has 0 unspecified atom stereocenters. The van der Waals surface area contributed by atoms with E-state index in [2.05, 4.69) is 9.62 Å². The fourth-order valence-electron chi connectivity index (χ4n) is 2.55. The number of nitrogens with zero attached hydrogens (tertiary/aromatic N) is 2. The SMILES string of the molecule is N#Cc1ccccc1CS(=O)(=O)NCCCN1CCCC1. The van der Waals surface area contributed by atoms with Crippen molar-refractivity contribution in [3.8, 4) is 6.07 Å². The second-order valence-corrected chi connectivity index (χ2v) is 7.13. The molecule has 21 heavy (non-hydrogen) atoms. The number of sulfonamides is 1. The van der Waals surface area contributed by atoms with E-state index in [-0.39, 0.29) is 5.75 Å². The fraction of sp³-hybridized carbons (Fsp3) is 0.533. The minimum atomic E-state index is -3.38. The average Bonchev–Trinajstić information content (AvgIpc) is 2.97. The summed E-state index contributed by atoms with van der Waals surface area (Å²) < 4.78 is 26.7. The zero-order valence-corrected chi connectivity index (χ0v) is 12.9. The normalized spacial score (nSPS) is 16.0. The van der Waals surface area contributed by atoms with Crippen molar-refractivity contribution in [1.82, 2.24) is 9.62 Å². The van der Waals surface area contributed by atoms with Crippen LogP contribution in [0, 0.1) is 11.3 Å². The second kappa shape index (κ2) is 7.55. The second-order valence-electron chi connectivity index (χ2n) is 5.32. The lowest BCUT2D eigenvalue weighted by Crippen LogP contribution is -2.29. The summed E-state index contributed by atoms with van der Waals surface area (Å²) in [5, 5.41) is 8.98. The Hall–Kier alpha value is -1.42. The minimum absolute atomic E-state index is 0.138. The molecule has 1 saturated heterocycles. The monoisotopic (exact) mass is 307 g/mol. The molecule has 6 heteroatoms. The molecule has 1 aliphatic heterocycles. The number of nitriles is 1. The predicted molar refractivity (Wildman–Crippen MR) is 82.1 cm³/mol. The highest BCUT2D eigenvalue weighted by atomic mass is 32.2. The summed E-state index contributed by atoms with van der Waals surface area (Å²) in [7, 11) is -3.38. The van der Waals surface area contributed by atoms with Crippen LogP contribution in [0.5, 0.6) is 0 Å². The zero-order chi connectivity index (χ0) is 15.1. The van der Waals surface area contributed by atoms with E-state index in [1.54, 1.807) is 24.3 Å². The zero-order valence-electron chi connectivity index (χ0n) is 12.1. The maximum absolute atomic E-state index is 12.0. The topological polar surface area (TPSA) is 73.2 Å². The fourth-order valence-corrected chi connectivity index (χ4v) is 3.77. The Morgan fingerprint density at radius 2 is 1.95 bits per heavy atom. The Kier molecular flexibility index (Phi) is 5.74. The van der Waals surface area contributed by atoms with Gasteiger partial charge in [-0.3, -0.25) is 0 Å². The van der Waals surface area contributed by atoms with Crippen LogP contribution in [0.2, 0.25) is 0 Å². The van der Waals surface area contributed by atoms with Gasteiger partial charge in [-0.15, -0.1) is 0 Å². The van der Waals surface area contributed by atoms with Crippen LogP contribution in [0.4, 0.5) is 0 Å². The van der Waals surface area contributed by atoms with Crippen LogP contribution in [0.3, 0.4) is 0 Å². The van der Waals surface area contributed by atoms with Crippen LogP contribution in [0.25, 0.3) is 0 Å². The van der Waals surface area contributed by atoms with Gasteiger partial charge in [0.2, 0.25) is 10.0 Å². The highest BCUT2D eigenvalue weighted by Gasteiger charge is 2.14. The Morgan fingerprint density at radius 3 is 2.67 bits per heavy atom. The molecule has 0 bridgehead atoms. The smallest absolute Gasteiger partial charge is 0.215 e. The highest BCUT2D eigenvalue weighted by Crippen LogP contribution is 2.11. The van der Waals surface area contributed by atoms with Crippen LogP contribution in [0.15, 0.2) is 24.3 Å². The van der Waals surface area contributed by atoms with Crippen LogP contribution in [-0.4, -0.2) is 39.5 Å². The number of nitrogens with one attached hydrogen (secondary N) is 1. The van der Waals surface area contributed by atoms with Gasteiger partial charge in [-0.05, 0) is 50.5 Å². The number of rotatable bonds is 7. The highest BCUT2D eigenvalue weighted by molar-refractivity contribution is 7.88. The minimum Gasteiger partial charge on any atom is -0.303 e. The van der Waals surface area contributed by atoms with Gasteiger partial charge in [0, 0.05) is 6.54 Å². The number of likely N-dealkylation sites (tertiary alicyclic amines) is 1. The van der Waals surface area contributed by atoms with Gasteiger partial charge in [0.1, 0.15) is 0 Å². The molecule has 0 radical (unpaired) electrons. The Morgan fingerprint density at radius 1 is 1.24 bits per heavy atom. The molecule has 1 aromatic rings. The van der Waals surface area contributed by atoms with Crippen molar-refractivity contribution in [2.45, 2.75) is 25.0 Å². The van der Waals surface area contributed by atoms with Crippen LogP contribution < -0.4 is 4.72 Å². The van der Waals surface area contributed by atoms with E-state index in [9.17, 15) is 8.42 Å². The van der Waals surface area contributed by atoms with Gasteiger partial charge in [0.15, 0.2) is 0 Å². The molecule has 1 N–H and O–H groups in total. The van der Waals surface area contributed by atoms with Gasteiger partial charge in [-0.25, -0.2) is 13.1 Å². The van der Waals surface area contributed by atoms with Crippen molar-refractivity contribution in [3.63, 3.8) is 0 Å². The third kappa shape index (κ3) is 5.12. The summed E-state index contributed by atoms with van der Waals surface area (Å²) in [6.07, 6.45) is 3.31. The van der Waals surface area contributed by atoms with Crippen molar-refractivity contribution < 1.29 is 8.42 Å². The average molecular weight is 307 g/mol. The van der Waals surface area contributed by atoms with E-state index in [1.165, 1.54) is 12.8 Å². The third-order valence-electron chi connectivity index (χ3n) is 3.66. The van der Waals surface area contributed by atoms with Gasteiger partial charge < -0.3 is 4.90 Å². The first-order chi connectivity index (χ1) is 10.1. The molecule has 114 valence electrons. The molecule has 0 spiro atoms. The molecule has 1 aliphatic rings. The van der Waals surface area contributed by atoms with E-state index in [0.717, 1.165) is 26.1 Å². The van der Waals surface area contributed by atoms with Crippen LogP contribution >= 0.6 is 0 Å². The van der Waals surface area contributed by atoms with Gasteiger partial charge >= 0.3 is 0 Å². The molecule has 0 atom stereocenters. The lowest BCUT2D eigenvalue weighted by molar-refractivity contribution is 0.334. The summed E-state index contributed by atoms with van der Waals surface area (Å²) in [4.78, 5) is 2.36. The Balaban J connectivity index is 1.80. The molecular weight excluding hydrogens is 286 g/mol. The quantitative estimate of drug-likeness (QED) is 0.774. The molecule has 5 nitrogen and oxygen atoms in total. The maximum atomic E-state index is 12.0. The van der Waals surface area contributed by atoms with E-state index in [1.807, 2.05) is 6.07 Å². The standard InChI is InChI=1S/C15H21N3O2S/c16-12-14-6-1-2-7-15(14)13-21(19,20)17-8-5-11-18-9-3-4-10-18/h1-2,6-7,17H,3-5,8-11,13H2. The summed E-state index contributed by atoms with van der Waals surface area (Å²) in [5.74, 6) is -0.138. The largest absolute Gasteiger partial charge is 0.303 e.